The molecule has 0 saturated heterocycles. The molecule has 0 heterocycles. The molecule has 3 aromatic rings. The van der Waals surface area contributed by atoms with Crippen molar-refractivity contribution in [1.29, 1.82) is 0 Å². The van der Waals surface area contributed by atoms with Crippen molar-refractivity contribution in [2.24, 2.45) is 5.10 Å². The maximum absolute atomic E-state index is 11.9. The van der Waals surface area contributed by atoms with Crippen LogP contribution < -0.4 is 14.9 Å². The fourth-order valence-electron chi connectivity index (χ4n) is 2.44. The van der Waals surface area contributed by atoms with Gasteiger partial charge in [0.15, 0.2) is 6.61 Å². The van der Waals surface area contributed by atoms with Crippen molar-refractivity contribution in [3.63, 3.8) is 0 Å². The summed E-state index contributed by atoms with van der Waals surface area (Å²) in [7, 11) is 1.60. The summed E-state index contributed by atoms with van der Waals surface area (Å²) >= 11 is 3.40. The molecule has 5 nitrogen and oxygen atoms in total. The summed E-state index contributed by atoms with van der Waals surface area (Å²) in [5, 5.41) is 5.98. The lowest BCUT2D eigenvalue weighted by Gasteiger charge is -2.08. The van der Waals surface area contributed by atoms with Crippen LogP contribution in [0.2, 0.25) is 0 Å². The van der Waals surface area contributed by atoms with Crippen molar-refractivity contribution in [2.75, 3.05) is 13.7 Å². The second-order valence-electron chi connectivity index (χ2n) is 5.45. The fraction of sp³-hybridized carbons (Fsp3) is 0.100. The molecule has 1 amide bonds. The summed E-state index contributed by atoms with van der Waals surface area (Å²) in [5.41, 5.74) is 3.28. The first-order chi connectivity index (χ1) is 12.7. The zero-order valence-corrected chi connectivity index (χ0v) is 15.7. The Labute approximate surface area is 159 Å². The Bertz CT molecular complexity index is 951. The number of methoxy groups -OCH3 is 1. The molecule has 0 bridgehead atoms. The smallest absolute Gasteiger partial charge is 0.277 e. The number of hydrogen-bond acceptors (Lipinski definition) is 4. The zero-order chi connectivity index (χ0) is 18.4. The number of rotatable bonds is 6. The van der Waals surface area contributed by atoms with Gasteiger partial charge in [0, 0.05) is 5.39 Å². The Morgan fingerprint density at radius 3 is 2.73 bits per heavy atom. The van der Waals surface area contributed by atoms with E-state index >= 15 is 0 Å². The van der Waals surface area contributed by atoms with E-state index in [0.29, 0.717) is 5.75 Å². The monoisotopic (exact) mass is 412 g/mol. The molecule has 0 atom stereocenters. The minimum atomic E-state index is -0.332. The first-order valence-electron chi connectivity index (χ1n) is 7.93. The van der Waals surface area contributed by atoms with Crippen molar-refractivity contribution in [3.8, 4) is 11.5 Å². The fourth-order valence-corrected chi connectivity index (χ4v) is 3.00. The standard InChI is InChI=1S/C20H17BrN2O3/c1-25-19-10-9-14(11-17(19)21)12-22-23-20(24)13-26-18-8-4-6-15-5-2-3-7-16(15)18/h2-12H,13H2,1H3,(H,23,24)/b22-12+. The Hall–Kier alpha value is -2.86. The van der Waals surface area contributed by atoms with Crippen LogP contribution >= 0.6 is 15.9 Å². The molecule has 1 N–H and O–H groups in total. The van der Waals surface area contributed by atoms with Crippen LogP contribution in [0, 0.1) is 0 Å². The molecule has 0 fully saturated rings. The number of hydrazone groups is 1. The molecule has 0 aromatic heterocycles. The molecule has 0 saturated carbocycles. The maximum Gasteiger partial charge on any atom is 0.277 e. The van der Waals surface area contributed by atoms with Crippen LogP contribution in [0.1, 0.15) is 5.56 Å². The second kappa shape index (κ2) is 8.49. The highest BCUT2D eigenvalue weighted by molar-refractivity contribution is 9.10. The number of fused-ring (bicyclic) bond motifs is 1. The Morgan fingerprint density at radius 2 is 1.92 bits per heavy atom. The largest absolute Gasteiger partial charge is 0.496 e. The van der Waals surface area contributed by atoms with Crippen LogP contribution in [0.5, 0.6) is 11.5 Å². The normalized spacial score (nSPS) is 10.8. The lowest BCUT2D eigenvalue weighted by Crippen LogP contribution is -2.24. The van der Waals surface area contributed by atoms with Gasteiger partial charge in [0.25, 0.3) is 5.91 Å². The van der Waals surface area contributed by atoms with E-state index in [-0.39, 0.29) is 12.5 Å². The van der Waals surface area contributed by atoms with E-state index in [1.54, 1.807) is 13.3 Å². The second-order valence-corrected chi connectivity index (χ2v) is 6.31. The Morgan fingerprint density at radius 1 is 1.12 bits per heavy atom. The third kappa shape index (κ3) is 4.40. The summed E-state index contributed by atoms with van der Waals surface area (Å²) in [4.78, 5) is 11.9. The number of halogens is 1. The van der Waals surface area contributed by atoms with Crippen LogP contribution in [0.4, 0.5) is 0 Å². The molecule has 6 heteroatoms. The Kier molecular flexibility index (Phi) is 5.86. The summed E-state index contributed by atoms with van der Waals surface area (Å²) in [6, 6.07) is 19.1. The predicted octanol–water partition coefficient (Wildman–Crippen LogP) is 4.14. The minimum absolute atomic E-state index is 0.113. The molecule has 3 rings (SSSR count). The molecule has 26 heavy (non-hydrogen) atoms. The van der Waals surface area contributed by atoms with Gasteiger partial charge >= 0.3 is 0 Å². The van der Waals surface area contributed by atoms with Gasteiger partial charge in [-0.15, -0.1) is 0 Å². The number of benzene rings is 3. The van der Waals surface area contributed by atoms with Crippen LogP contribution in [-0.4, -0.2) is 25.8 Å². The third-order valence-corrected chi connectivity index (χ3v) is 4.31. The molecular formula is C20H17BrN2O3. The summed E-state index contributed by atoms with van der Waals surface area (Å²) in [6.07, 6.45) is 1.56. The third-order valence-electron chi connectivity index (χ3n) is 3.69. The summed E-state index contributed by atoms with van der Waals surface area (Å²) < 4.78 is 11.6. The van der Waals surface area contributed by atoms with Gasteiger partial charge in [-0.25, -0.2) is 5.43 Å². The number of amides is 1. The molecule has 0 radical (unpaired) electrons. The van der Waals surface area contributed by atoms with E-state index in [2.05, 4.69) is 26.5 Å². The number of carbonyl (C=O) groups excluding carboxylic acids is 1. The zero-order valence-electron chi connectivity index (χ0n) is 14.1. The average Bonchev–Trinajstić information content (AvgIpc) is 2.66. The first kappa shape index (κ1) is 17.9. The Balaban J connectivity index is 1.56. The van der Waals surface area contributed by atoms with Crippen molar-refractivity contribution >= 4 is 38.8 Å². The van der Waals surface area contributed by atoms with E-state index in [1.165, 1.54) is 0 Å². The van der Waals surface area contributed by atoms with E-state index in [4.69, 9.17) is 9.47 Å². The number of hydrogen-bond donors (Lipinski definition) is 1. The van der Waals surface area contributed by atoms with Crippen LogP contribution in [0.15, 0.2) is 70.2 Å². The molecule has 0 spiro atoms. The van der Waals surface area contributed by atoms with Crippen molar-refractivity contribution < 1.29 is 14.3 Å². The summed E-state index contributed by atoms with van der Waals surface area (Å²) in [6.45, 7) is -0.113. The van der Waals surface area contributed by atoms with E-state index in [0.717, 1.165) is 26.6 Å². The van der Waals surface area contributed by atoms with Crippen molar-refractivity contribution in [3.05, 3.63) is 70.7 Å². The van der Waals surface area contributed by atoms with Gasteiger partial charge in [-0.1, -0.05) is 36.4 Å². The lowest BCUT2D eigenvalue weighted by molar-refractivity contribution is -0.123. The molecule has 0 unspecified atom stereocenters. The molecular weight excluding hydrogens is 396 g/mol. The number of nitrogens with zero attached hydrogens (tertiary/aromatic N) is 1. The average molecular weight is 413 g/mol. The van der Waals surface area contributed by atoms with Gasteiger partial charge < -0.3 is 9.47 Å². The van der Waals surface area contributed by atoms with Crippen LogP contribution in [0.25, 0.3) is 10.8 Å². The highest BCUT2D eigenvalue weighted by Gasteiger charge is 2.05. The van der Waals surface area contributed by atoms with Crippen LogP contribution in [-0.2, 0) is 4.79 Å². The van der Waals surface area contributed by atoms with Gasteiger partial charge in [0.05, 0.1) is 17.8 Å². The minimum Gasteiger partial charge on any atom is -0.496 e. The number of carbonyl (C=O) groups is 1. The van der Waals surface area contributed by atoms with Gasteiger partial charge in [0.1, 0.15) is 11.5 Å². The van der Waals surface area contributed by atoms with E-state index in [1.807, 2.05) is 60.7 Å². The van der Waals surface area contributed by atoms with Crippen LogP contribution in [0.3, 0.4) is 0 Å². The van der Waals surface area contributed by atoms with Gasteiger partial charge in [-0.05, 0) is 51.1 Å². The molecule has 132 valence electrons. The highest BCUT2D eigenvalue weighted by atomic mass is 79.9. The number of nitrogens with one attached hydrogen (secondary N) is 1. The molecule has 0 aliphatic rings. The van der Waals surface area contributed by atoms with Crippen molar-refractivity contribution in [1.82, 2.24) is 5.43 Å². The van der Waals surface area contributed by atoms with Gasteiger partial charge in [-0.3, -0.25) is 4.79 Å². The SMILES string of the molecule is COc1ccc(/C=N/NC(=O)COc2cccc3ccccc23)cc1Br. The lowest BCUT2D eigenvalue weighted by atomic mass is 10.1. The highest BCUT2D eigenvalue weighted by Crippen LogP contribution is 2.25. The molecule has 0 aliphatic heterocycles. The van der Waals surface area contributed by atoms with Gasteiger partial charge in [0.2, 0.25) is 0 Å². The summed E-state index contributed by atoms with van der Waals surface area (Å²) in [5.74, 6) is 1.07. The molecule has 3 aromatic carbocycles. The topological polar surface area (TPSA) is 59.9 Å². The van der Waals surface area contributed by atoms with E-state index in [9.17, 15) is 4.79 Å². The van der Waals surface area contributed by atoms with Crippen molar-refractivity contribution in [2.45, 2.75) is 0 Å². The van der Waals surface area contributed by atoms with Gasteiger partial charge in [-0.2, -0.15) is 5.10 Å². The first-order valence-corrected chi connectivity index (χ1v) is 8.72. The van der Waals surface area contributed by atoms with E-state index < -0.39 is 0 Å². The predicted molar refractivity (Wildman–Crippen MR) is 106 cm³/mol. The quantitative estimate of drug-likeness (QED) is 0.488. The molecule has 0 aliphatic carbocycles. The maximum atomic E-state index is 11.9. The number of ether oxygens (including phenoxy) is 2.